The molecule has 7 nitrogen and oxygen atoms in total. The molecule has 2 aromatic rings. The summed E-state index contributed by atoms with van der Waals surface area (Å²) in [7, 11) is 5.52. The molecule has 1 aromatic carbocycles. The van der Waals surface area contributed by atoms with E-state index >= 15 is 0 Å². The average molecular weight is 318 g/mol. The maximum atomic E-state index is 11.7. The van der Waals surface area contributed by atoms with Crippen molar-refractivity contribution in [1.82, 2.24) is 20.4 Å². The maximum absolute atomic E-state index is 11.7. The van der Waals surface area contributed by atoms with Crippen LogP contribution in [0.5, 0.6) is 5.75 Å². The summed E-state index contributed by atoms with van der Waals surface area (Å²) < 4.78 is 10.5. The van der Waals surface area contributed by atoms with Crippen molar-refractivity contribution in [1.29, 1.82) is 0 Å². The molecule has 0 fully saturated rings. The smallest absolute Gasteiger partial charge is 0.227 e. The van der Waals surface area contributed by atoms with Gasteiger partial charge in [0.25, 0.3) is 0 Å². The number of nitrogens with zero attached hydrogens (tertiary/aromatic N) is 3. The number of methoxy groups -OCH3 is 1. The lowest BCUT2D eigenvalue weighted by Crippen LogP contribution is -2.31. The fraction of sp³-hybridized carbons (Fsp3) is 0.438. The second-order valence-electron chi connectivity index (χ2n) is 5.37. The number of hydrogen-bond acceptors (Lipinski definition) is 6. The number of likely N-dealkylation sites (N-methyl/N-ethyl adjacent to an activating group) is 1. The van der Waals surface area contributed by atoms with E-state index in [0.717, 1.165) is 12.1 Å². The zero-order valence-corrected chi connectivity index (χ0v) is 13.7. The first-order valence-electron chi connectivity index (χ1n) is 7.47. The first kappa shape index (κ1) is 17.0. The lowest BCUT2D eigenvalue weighted by atomic mass is 10.2. The molecular formula is C16H22N4O3. The zero-order chi connectivity index (χ0) is 16.7. The van der Waals surface area contributed by atoms with Crippen molar-refractivity contribution in [2.75, 3.05) is 34.3 Å². The van der Waals surface area contributed by atoms with Gasteiger partial charge in [-0.15, -0.1) is 0 Å². The molecule has 0 spiro atoms. The van der Waals surface area contributed by atoms with Crippen molar-refractivity contribution < 1.29 is 14.1 Å². The fourth-order valence-corrected chi connectivity index (χ4v) is 2.02. The number of hydrogen-bond donors (Lipinski definition) is 1. The number of aromatic nitrogens is 2. The molecule has 1 N–H and O–H groups in total. The molecule has 23 heavy (non-hydrogen) atoms. The van der Waals surface area contributed by atoms with E-state index in [4.69, 9.17) is 9.26 Å². The monoisotopic (exact) mass is 318 g/mol. The average Bonchev–Trinajstić information content (AvgIpc) is 3.01. The molecule has 0 saturated heterocycles. The van der Waals surface area contributed by atoms with Crippen LogP contribution in [0, 0.1) is 0 Å². The minimum atomic E-state index is -0.0242. The molecule has 1 heterocycles. The molecule has 2 rings (SSSR count). The van der Waals surface area contributed by atoms with Crippen molar-refractivity contribution in [2.24, 2.45) is 0 Å². The molecule has 0 saturated carbocycles. The second kappa shape index (κ2) is 8.28. The number of carbonyl (C=O) groups excluding carboxylic acids is 1. The number of nitrogens with one attached hydrogen (secondary N) is 1. The van der Waals surface area contributed by atoms with Crippen molar-refractivity contribution in [3.63, 3.8) is 0 Å². The highest BCUT2D eigenvalue weighted by atomic mass is 16.5. The first-order valence-corrected chi connectivity index (χ1v) is 7.47. The largest absolute Gasteiger partial charge is 0.496 e. The zero-order valence-electron chi connectivity index (χ0n) is 13.7. The van der Waals surface area contributed by atoms with Gasteiger partial charge in [-0.05, 0) is 26.2 Å². The van der Waals surface area contributed by atoms with Crippen molar-refractivity contribution in [2.45, 2.75) is 12.8 Å². The summed E-state index contributed by atoms with van der Waals surface area (Å²) in [6, 6.07) is 7.46. The van der Waals surface area contributed by atoms with Crippen LogP contribution in [0.15, 0.2) is 28.8 Å². The Morgan fingerprint density at radius 2 is 2.13 bits per heavy atom. The summed E-state index contributed by atoms with van der Waals surface area (Å²) in [6.07, 6.45) is 0.733. The third-order valence-corrected chi connectivity index (χ3v) is 3.26. The van der Waals surface area contributed by atoms with Gasteiger partial charge in [-0.3, -0.25) is 4.79 Å². The van der Waals surface area contributed by atoms with Crippen molar-refractivity contribution >= 4 is 5.91 Å². The molecule has 0 aliphatic rings. The SMILES string of the molecule is COc1ccccc1-c1noc(CCC(=O)NCCN(C)C)n1. The molecule has 7 heteroatoms. The van der Waals surface area contributed by atoms with Crippen LogP contribution in [-0.2, 0) is 11.2 Å². The number of carbonyl (C=O) groups is 1. The van der Waals surface area contributed by atoms with Crippen LogP contribution in [0.4, 0.5) is 0 Å². The van der Waals surface area contributed by atoms with Gasteiger partial charge < -0.3 is 19.5 Å². The summed E-state index contributed by atoms with van der Waals surface area (Å²) in [4.78, 5) is 18.1. The van der Waals surface area contributed by atoms with Crippen LogP contribution in [-0.4, -0.2) is 55.2 Å². The molecular weight excluding hydrogens is 296 g/mol. The van der Waals surface area contributed by atoms with Gasteiger partial charge in [0.05, 0.1) is 12.7 Å². The topological polar surface area (TPSA) is 80.5 Å². The maximum Gasteiger partial charge on any atom is 0.227 e. The van der Waals surface area contributed by atoms with Crippen molar-refractivity contribution in [3.05, 3.63) is 30.2 Å². The summed E-state index contributed by atoms with van der Waals surface area (Å²) >= 11 is 0. The Morgan fingerprint density at radius 3 is 2.87 bits per heavy atom. The van der Waals surface area contributed by atoms with Crippen LogP contribution in [0.25, 0.3) is 11.4 Å². The molecule has 0 bridgehead atoms. The van der Waals surface area contributed by atoms with E-state index in [1.165, 1.54) is 0 Å². The van der Waals surface area contributed by atoms with Gasteiger partial charge in [-0.1, -0.05) is 17.3 Å². The van der Waals surface area contributed by atoms with Gasteiger partial charge in [-0.25, -0.2) is 0 Å². The Bertz CT molecular complexity index is 640. The number of amides is 1. The number of benzene rings is 1. The van der Waals surface area contributed by atoms with Crippen LogP contribution in [0.1, 0.15) is 12.3 Å². The van der Waals surface area contributed by atoms with Crippen LogP contribution >= 0.6 is 0 Å². The molecule has 0 atom stereocenters. The quantitative estimate of drug-likeness (QED) is 0.791. The van der Waals surface area contributed by atoms with Crippen LogP contribution < -0.4 is 10.1 Å². The Labute approximate surface area is 135 Å². The Kier molecular flexibility index (Phi) is 6.10. The number of aryl methyl sites for hydroxylation is 1. The highest BCUT2D eigenvalue weighted by molar-refractivity contribution is 5.76. The minimum Gasteiger partial charge on any atom is -0.496 e. The van der Waals surface area contributed by atoms with E-state index in [1.807, 2.05) is 43.3 Å². The highest BCUT2D eigenvalue weighted by Crippen LogP contribution is 2.27. The predicted octanol–water partition coefficient (Wildman–Crippen LogP) is 1.36. The summed E-state index contributed by atoms with van der Waals surface area (Å²) in [5.41, 5.74) is 0.764. The predicted molar refractivity (Wildman–Crippen MR) is 86.2 cm³/mol. The van der Waals surface area contributed by atoms with Crippen LogP contribution in [0.3, 0.4) is 0 Å². The molecule has 0 unspecified atom stereocenters. The highest BCUT2D eigenvalue weighted by Gasteiger charge is 2.13. The Morgan fingerprint density at radius 1 is 1.35 bits per heavy atom. The summed E-state index contributed by atoms with van der Waals surface area (Å²) in [5.74, 6) is 1.56. The second-order valence-corrected chi connectivity index (χ2v) is 5.37. The van der Waals surface area contributed by atoms with Gasteiger partial charge in [0.2, 0.25) is 17.6 Å². The van der Waals surface area contributed by atoms with E-state index in [0.29, 0.717) is 36.9 Å². The van der Waals surface area contributed by atoms with Gasteiger partial charge in [0.15, 0.2) is 0 Å². The van der Waals surface area contributed by atoms with Crippen molar-refractivity contribution in [3.8, 4) is 17.1 Å². The third kappa shape index (κ3) is 5.07. The lowest BCUT2D eigenvalue weighted by molar-refractivity contribution is -0.121. The minimum absolute atomic E-state index is 0.0242. The van der Waals surface area contributed by atoms with Gasteiger partial charge >= 0.3 is 0 Å². The lowest BCUT2D eigenvalue weighted by Gasteiger charge is -2.09. The van der Waals surface area contributed by atoms with E-state index in [2.05, 4.69) is 15.5 Å². The van der Waals surface area contributed by atoms with E-state index in [9.17, 15) is 4.79 Å². The van der Waals surface area contributed by atoms with Gasteiger partial charge in [0, 0.05) is 25.9 Å². The van der Waals surface area contributed by atoms with Crippen LogP contribution in [0.2, 0.25) is 0 Å². The standard InChI is InChI=1S/C16H22N4O3/c1-20(2)11-10-17-14(21)8-9-15-18-16(19-23-15)12-6-4-5-7-13(12)22-3/h4-7H,8-11H2,1-3H3,(H,17,21). The summed E-state index contributed by atoms with van der Waals surface area (Å²) in [5, 5.41) is 6.80. The summed E-state index contributed by atoms with van der Waals surface area (Å²) in [6.45, 7) is 1.44. The number of ether oxygens (including phenoxy) is 1. The third-order valence-electron chi connectivity index (χ3n) is 3.26. The molecule has 0 aliphatic heterocycles. The first-order chi connectivity index (χ1) is 11.1. The molecule has 124 valence electrons. The van der Waals surface area contributed by atoms with Gasteiger partial charge in [0.1, 0.15) is 5.75 Å². The molecule has 0 radical (unpaired) electrons. The molecule has 1 aromatic heterocycles. The molecule has 0 aliphatic carbocycles. The number of para-hydroxylation sites is 1. The van der Waals surface area contributed by atoms with E-state index in [1.54, 1.807) is 7.11 Å². The van der Waals surface area contributed by atoms with E-state index in [-0.39, 0.29) is 5.91 Å². The Hall–Kier alpha value is -2.41. The normalized spacial score (nSPS) is 10.8. The molecule has 1 amide bonds. The van der Waals surface area contributed by atoms with E-state index < -0.39 is 0 Å². The number of rotatable bonds is 8. The fourth-order valence-electron chi connectivity index (χ4n) is 2.02. The van der Waals surface area contributed by atoms with Gasteiger partial charge in [-0.2, -0.15) is 4.98 Å². The Balaban J connectivity index is 1.89.